The molecule has 0 atom stereocenters. The highest BCUT2D eigenvalue weighted by atomic mass is 35.5. The largest absolute Gasteiger partial charge is 0.382 e. The summed E-state index contributed by atoms with van der Waals surface area (Å²) in [7, 11) is 0. The Morgan fingerprint density at radius 2 is 2.18 bits per heavy atom. The molecule has 0 aliphatic carbocycles. The first-order valence-electron chi connectivity index (χ1n) is 5.77. The maximum atomic E-state index is 11.8. The Bertz CT molecular complexity index is 391. The van der Waals surface area contributed by atoms with Gasteiger partial charge in [0.1, 0.15) is 5.82 Å². The van der Waals surface area contributed by atoms with Gasteiger partial charge in [0.2, 0.25) is 0 Å². The number of pyridine rings is 1. The Labute approximate surface area is 107 Å². The molecule has 0 aliphatic heterocycles. The second-order valence-electron chi connectivity index (χ2n) is 3.98. The molecule has 1 aromatic heterocycles. The van der Waals surface area contributed by atoms with Crippen LogP contribution in [0.2, 0.25) is 5.02 Å². The molecular formula is C12H18ClN3O. The van der Waals surface area contributed by atoms with Crippen LogP contribution in [0.1, 0.15) is 37.0 Å². The van der Waals surface area contributed by atoms with E-state index in [0.717, 1.165) is 12.8 Å². The van der Waals surface area contributed by atoms with Crippen LogP contribution < -0.4 is 11.1 Å². The molecule has 17 heavy (non-hydrogen) atoms. The zero-order valence-electron chi connectivity index (χ0n) is 10.2. The van der Waals surface area contributed by atoms with E-state index in [-0.39, 0.29) is 11.7 Å². The van der Waals surface area contributed by atoms with Crippen LogP contribution in [-0.4, -0.2) is 17.4 Å². The Balaban J connectivity index is 2.61. The fourth-order valence-electron chi connectivity index (χ4n) is 1.49. The van der Waals surface area contributed by atoms with Gasteiger partial charge in [-0.1, -0.05) is 38.3 Å². The smallest absolute Gasteiger partial charge is 0.252 e. The molecule has 4 nitrogen and oxygen atoms in total. The molecule has 0 saturated carbocycles. The molecule has 0 bridgehead atoms. The molecule has 1 heterocycles. The highest BCUT2D eigenvalue weighted by molar-refractivity contribution is 6.33. The number of nitrogens with one attached hydrogen (secondary N) is 1. The molecule has 0 aliphatic rings. The van der Waals surface area contributed by atoms with Gasteiger partial charge in [0.25, 0.3) is 5.91 Å². The summed E-state index contributed by atoms with van der Waals surface area (Å²) in [6, 6.07) is 1.53. The second kappa shape index (κ2) is 6.45. The topological polar surface area (TPSA) is 68.0 Å². The van der Waals surface area contributed by atoms with E-state index >= 15 is 0 Å². The van der Waals surface area contributed by atoms with E-state index in [2.05, 4.69) is 24.1 Å². The Morgan fingerprint density at radius 1 is 1.53 bits per heavy atom. The summed E-state index contributed by atoms with van der Waals surface area (Å²) >= 11 is 5.81. The summed E-state index contributed by atoms with van der Waals surface area (Å²) < 4.78 is 0. The van der Waals surface area contributed by atoms with Crippen molar-refractivity contribution >= 4 is 23.3 Å². The molecule has 0 aromatic carbocycles. The predicted molar refractivity (Wildman–Crippen MR) is 70.1 cm³/mol. The van der Waals surface area contributed by atoms with Gasteiger partial charge in [-0.25, -0.2) is 4.98 Å². The van der Waals surface area contributed by atoms with Crippen molar-refractivity contribution < 1.29 is 4.79 Å². The van der Waals surface area contributed by atoms with Crippen LogP contribution in [0.4, 0.5) is 5.82 Å². The minimum atomic E-state index is -0.161. The van der Waals surface area contributed by atoms with E-state index in [0.29, 0.717) is 23.0 Å². The first-order valence-corrected chi connectivity index (χ1v) is 6.15. The summed E-state index contributed by atoms with van der Waals surface area (Å²) in [5.74, 6) is 0.589. The van der Waals surface area contributed by atoms with Gasteiger partial charge in [-0.2, -0.15) is 0 Å². The number of amides is 1. The zero-order chi connectivity index (χ0) is 12.8. The monoisotopic (exact) mass is 255 g/mol. The lowest BCUT2D eigenvalue weighted by molar-refractivity contribution is 0.0946. The number of anilines is 1. The number of nitrogen functional groups attached to an aromatic ring is 1. The quantitative estimate of drug-likeness (QED) is 0.849. The Hall–Kier alpha value is -1.29. The van der Waals surface area contributed by atoms with Crippen molar-refractivity contribution in [2.24, 2.45) is 5.92 Å². The van der Waals surface area contributed by atoms with Gasteiger partial charge in [0.15, 0.2) is 0 Å². The molecule has 0 unspecified atom stereocenters. The van der Waals surface area contributed by atoms with Gasteiger partial charge >= 0.3 is 0 Å². The standard InChI is InChI=1S/C12H18ClN3O/c1-3-8(4-2)6-16-12(17)9-5-10(13)11(14)15-7-9/h5,7-8H,3-4,6H2,1-2H3,(H2,14,15)(H,16,17). The van der Waals surface area contributed by atoms with Gasteiger partial charge in [0, 0.05) is 12.7 Å². The average Bonchev–Trinajstić information content (AvgIpc) is 2.33. The van der Waals surface area contributed by atoms with Crippen LogP contribution in [0.15, 0.2) is 12.3 Å². The van der Waals surface area contributed by atoms with Crippen molar-refractivity contribution in [2.45, 2.75) is 26.7 Å². The van der Waals surface area contributed by atoms with E-state index < -0.39 is 0 Å². The van der Waals surface area contributed by atoms with Gasteiger partial charge in [-0.15, -0.1) is 0 Å². The fraction of sp³-hybridized carbons (Fsp3) is 0.500. The number of hydrogen-bond donors (Lipinski definition) is 2. The minimum absolute atomic E-state index is 0.161. The Kier molecular flexibility index (Phi) is 5.22. The van der Waals surface area contributed by atoms with Gasteiger partial charge in [-0.05, 0) is 12.0 Å². The third-order valence-electron chi connectivity index (χ3n) is 2.84. The fourth-order valence-corrected chi connectivity index (χ4v) is 1.66. The molecule has 0 saturated heterocycles. The molecular weight excluding hydrogens is 238 g/mol. The van der Waals surface area contributed by atoms with Crippen LogP contribution in [-0.2, 0) is 0 Å². The predicted octanol–water partition coefficient (Wildman–Crippen LogP) is 2.48. The summed E-state index contributed by atoms with van der Waals surface area (Å²) in [4.78, 5) is 15.6. The average molecular weight is 256 g/mol. The van der Waals surface area contributed by atoms with Crippen molar-refractivity contribution in [1.29, 1.82) is 0 Å². The number of halogens is 1. The van der Waals surface area contributed by atoms with E-state index in [1.807, 2.05) is 0 Å². The lowest BCUT2D eigenvalue weighted by Crippen LogP contribution is -2.29. The normalized spacial score (nSPS) is 10.6. The van der Waals surface area contributed by atoms with Crippen molar-refractivity contribution in [2.75, 3.05) is 12.3 Å². The number of carbonyl (C=O) groups is 1. The van der Waals surface area contributed by atoms with E-state index in [1.165, 1.54) is 12.3 Å². The summed E-state index contributed by atoms with van der Waals surface area (Å²) in [5.41, 5.74) is 5.92. The van der Waals surface area contributed by atoms with Crippen LogP contribution in [0, 0.1) is 5.92 Å². The van der Waals surface area contributed by atoms with Crippen LogP contribution in [0.5, 0.6) is 0 Å². The van der Waals surface area contributed by atoms with E-state index in [9.17, 15) is 4.79 Å². The lowest BCUT2D eigenvalue weighted by atomic mass is 10.0. The number of nitrogens with zero attached hydrogens (tertiary/aromatic N) is 1. The maximum absolute atomic E-state index is 11.8. The lowest BCUT2D eigenvalue weighted by Gasteiger charge is -2.13. The molecule has 1 rings (SSSR count). The molecule has 3 N–H and O–H groups in total. The van der Waals surface area contributed by atoms with Crippen LogP contribution in [0.3, 0.4) is 0 Å². The number of aromatic nitrogens is 1. The van der Waals surface area contributed by atoms with E-state index in [1.54, 1.807) is 0 Å². The molecule has 94 valence electrons. The van der Waals surface area contributed by atoms with Gasteiger partial charge in [-0.3, -0.25) is 4.79 Å². The number of hydrogen-bond acceptors (Lipinski definition) is 3. The summed E-state index contributed by atoms with van der Waals surface area (Å²) in [6.45, 7) is 4.90. The molecule has 1 aromatic rings. The first-order chi connectivity index (χ1) is 8.08. The molecule has 0 fully saturated rings. The molecule has 1 amide bonds. The van der Waals surface area contributed by atoms with Crippen molar-refractivity contribution in [3.63, 3.8) is 0 Å². The number of nitrogens with two attached hydrogens (primary N) is 1. The van der Waals surface area contributed by atoms with Crippen LogP contribution >= 0.6 is 11.6 Å². The summed E-state index contributed by atoms with van der Waals surface area (Å²) in [5, 5.41) is 3.17. The van der Waals surface area contributed by atoms with Crippen molar-refractivity contribution in [1.82, 2.24) is 10.3 Å². The third-order valence-corrected chi connectivity index (χ3v) is 3.14. The second-order valence-corrected chi connectivity index (χ2v) is 4.39. The molecule has 5 heteroatoms. The highest BCUT2D eigenvalue weighted by Crippen LogP contribution is 2.16. The number of rotatable bonds is 5. The van der Waals surface area contributed by atoms with Crippen molar-refractivity contribution in [3.8, 4) is 0 Å². The molecule has 0 spiro atoms. The third kappa shape index (κ3) is 3.89. The summed E-state index contributed by atoms with van der Waals surface area (Å²) in [6.07, 6.45) is 3.54. The Morgan fingerprint density at radius 3 is 2.71 bits per heavy atom. The highest BCUT2D eigenvalue weighted by Gasteiger charge is 2.10. The van der Waals surface area contributed by atoms with E-state index in [4.69, 9.17) is 17.3 Å². The van der Waals surface area contributed by atoms with Gasteiger partial charge in [0.05, 0.1) is 10.6 Å². The van der Waals surface area contributed by atoms with Gasteiger partial charge < -0.3 is 11.1 Å². The maximum Gasteiger partial charge on any atom is 0.252 e. The SMILES string of the molecule is CCC(CC)CNC(=O)c1cnc(N)c(Cl)c1. The minimum Gasteiger partial charge on any atom is -0.382 e. The molecule has 0 radical (unpaired) electrons. The zero-order valence-corrected chi connectivity index (χ0v) is 10.9. The van der Waals surface area contributed by atoms with Crippen molar-refractivity contribution in [3.05, 3.63) is 22.8 Å². The number of carbonyl (C=O) groups excluding carboxylic acids is 1. The van der Waals surface area contributed by atoms with Crippen LogP contribution in [0.25, 0.3) is 0 Å². The first kappa shape index (κ1) is 13.8.